The number of ether oxygens (including phenoxy) is 2. The summed E-state index contributed by atoms with van der Waals surface area (Å²) < 4.78 is 54.5. The summed E-state index contributed by atoms with van der Waals surface area (Å²) in [5, 5.41) is 1.94. The molecule has 2 N–H and O–H groups in total. The molecule has 2 aromatic carbocycles. The van der Waals surface area contributed by atoms with E-state index in [4.69, 9.17) is 9.47 Å². The molecule has 0 fully saturated rings. The fraction of sp³-hybridized carbons (Fsp3) is 0.304. The van der Waals surface area contributed by atoms with Crippen molar-refractivity contribution < 1.29 is 28.0 Å². The van der Waals surface area contributed by atoms with Crippen molar-refractivity contribution in [2.24, 2.45) is 0 Å². The van der Waals surface area contributed by atoms with Crippen molar-refractivity contribution in [2.45, 2.75) is 32.6 Å². The molecule has 2 heterocycles. The molecule has 3 aromatic rings. The predicted octanol–water partition coefficient (Wildman–Crippen LogP) is 4.46. The number of nitrogens with zero attached hydrogens (tertiary/aromatic N) is 1. The van der Waals surface area contributed by atoms with E-state index in [1.54, 1.807) is 12.1 Å². The highest BCUT2D eigenvalue weighted by Gasteiger charge is 2.38. The van der Waals surface area contributed by atoms with Crippen LogP contribution in [0.2, 0.25) is 0 Å². The number of alkyl halides is 3. The number of nitrogens with two attached hydrogens (primary N) is 1. The van der Waals surface area contributed by atoms with Crippen molar-refractivity contribution in [3.8, 4) is 17.2 Å². The Hall–Kier alpha value is -2.93. The van der Waals surface area contributed by atoms with Crippen LogP contribution in [0.3, 0.4) is 0 Å². The monoisotopic (exact) mass is 417 g/mol. The minimum atomic E-state index is -4.41. The Morgan fingerprint density at radius 1 is 1.00 bits per heavy atom. The lowest BCUT2D eigenvalue weighted by Crippen LogP contribution is -2.83. The Morgan fingerprint density at radius 2 is 1.70 bits per heavy atom. The van der Waals surface area contributed by atoms with Crippen molar-refractivity contribution in [1.82, 2.24) is 4.57 Å². The van der Waals surface area contributed by atoms with Crippen LogP contribution in [0.4, 0.5) is 13.2 Å². The van der Waals surface area contributed by atoms with Gasteiger partial charge in [-0.1, -0.05) is 18.2 Å². The van der Waals surface area contributed by atoms with Gasteiger partial charge in [-0.2, -0.15) is 13.2 Å². The molecule has 1 aliphatic rings. The van der Waals surface area contributed by atoms with Crippen LogP contribution in [0, 0.1) is 0 Å². The lowest BCUT2D eigenvalue weighted by Gasteiger charge is -2.19. The molecule has 1 aromatic heterocycles. The van der Waals surface area contributed by atoms with Crippen LogP contribution >= 0.6 is 0 Å². The van der Waals surface area contributed by atoms with Gasteiger partial charge in [0.15, 0.2) is 17.5 Å². The van der Waals surface area contributed by atoms with Crippen LogP contribution in [-0.2, 0) is 12.7 Å². The highest BCUT2D eigenvalue weighted by molar-refractivity contribution is 5.56. The second-order valence-electron chi connectivity index (χ2n) is 7.10. The molecule has 4 rings (SSSR count). The van der Waals surface area contributed by atoms with Crippen molar-refractivity contribution in [3.05, 3.63) is 77.1 Å². The maximum atomic E-state index is 13.7. The molecule has 0 radical (unpaired) electrons. The van der Waals surface area contributed by atoms with Crippen molar-refractivity contribution in [2.75, 3.05) is 13.2 Å². The molecule has 0 saturated carbocycles. The van der Waals surface area contributed by atoms with Gasteiger partial charge >= 0.3 is 6.18 Å². The first-order valence-electron chi connectivity index (χ1n) is 10.0. The fourth-order valence-electron chi connectivity index (χ4n) is 4.06. The number of aromatic nitrogens is 1. The number of hydrogen-bond donors (Lipinski definition) is 1. The molecule has 0 amide bonds. The molecule has 0 aliphatic carbocycles. The smallest absolute Gasteiger partial charge is 0.416 e. The van der Waals surface area contributed by atoms with Gasteiger partial charge in [-0.3, -0.25) is 0 Å². The summed E-state index contributed by atoms with van der Waals surface area (Å²) in [6, 6.07) is 12.9. The minimum absolute atomic E-state index is 0.257. The van der Waals surface area contributed by atoms with E-state index in [1.165, 1.54) is 6.07 Å². The first-order valence-corrected chi connectivity index (χ1v) is 10.0. The van der Waals surface area contributed by atoms with Crippen molar-refractivity contribution in [3.63, 3.8) is 0 Å². The van der Waals surface area contributed by atoms with Gasteiger partial charge in [-0.15, -0.1) is 0 Å². The topological polar surface area (TPSA) is 40.0 Å². The molecule has 0 bridgehead atoms. The number of rotatable bonds is 5. The summed E-state index contributed by atoms with van der Waals surface area (Å²) in [5.41, 5.74) is 2.32. The first kappa shape index (κ1) is 20.3. The zero-order valence-corrected chi connectivity index (χ0v) is 16.9. The van der Waals surface area contributed by atoms with E-state index < -0.39 is 17.8 Å². The van der Waals surface area contributed by atoms with E-state index in [2.05, 4.69) is 0 Å². The normalized spacial score (nSPS) is 15.8. The summed E-state index contributed by atoms with van der Waals surface area (Å²) in [4.78, 5) is 0. The van der Waals surface area contributed by atoms with Gasteiger partial charge in [0.2, 0.25) is 0 Å². The lowest BCUT2D eigenvalue weighted by atomic mass is 9.97. The second kappa shape index (κ2) is 8.07. The third-order valence-electron chi connectivity index (χ3n) is 5.28. The highest BCUT2D eigenvalue weighted by atomic mass is 19.4. The van der Waals surface area contributed by atoms with Crippen molar-refractivity contribution >= 4 is 0 Å². The fourth-order valence-corrected chi connectivity index (χ4v) is 4.06. The predicted molar refractivity (Wildman–Crippen MR) is 107 cm³/mol. The standard InChI is InChI=1S/C23H23F3N2O2/c1-3-29-20-12-15-14-27-22(16-8-5-6-9-17(16)23(24,25)26)18-10-7-11-28(18)19(15)13-21(20)30-4-2/h5-13,22,27H,3-4,14H2,1-2H3/p+1. The van der Waals surface area contributed by atoms with E-state index in [9.17, 15) is 13.2 Å². The Bertz CT molecular complexity index is 1040. The Kier molecular flexibility index (Phi) is 5.47. The van der Waals surface area contributed by atoms with Gasteiger partial charge in [-0.05, 0) is 38.1 Å². The van der Waals surface area contributed by atoms with Crippen LogP contribution in [0.1, 0.15) is 42.3 Å². The zero-order chi connectivity index (χ0) is 21.3. The summed E-state index contributed by atoms with van der Waals surface area (Å²) in [6.45, 7) is 5.31. The Labute approximate surface area is 173 Å². The van der Waals surface area contributed by atoms with Gasteiger partial charge in [0.05, 0.1) is 30.2 Å². The summed E-state index contributed by atoms with van der Waals surface area (Å²) in [5.74, 6) is 1.28. The highest BCUT2D eigenvalue weighted by Crippen LogP contribution is 2.39. The third-order valence-corrected chi connectivity index (χ3v) is 5.28. The molecule has 1 aliphatic heterocycles. The average Bonchev–Trinajstić information content (AvgIpc) is 3.14. The van der Waals surface area contributed by atoms with Gasteiger partial charge in [0, 0.05) is 23.4 Å². The summed E-state index contributed by atoms with van der Waals surface area (Å²) in [7, 11) is 0. The van der Waals surface area contributed by atoms with Gasteiger partial charge < -0.3 is 19.4 Å². The maximum Gasteiger partial charge on any atom is 0.416 e. The number of quaternary nitrogens is 1. The van der Waals surface area contributed by atoms with Gasteiger partial charge in [-0.25, -0.2) is 0 Å². The molecular weight excluding hydrogens is 393 g/mol. The lowest BCUT2D eigenvalue weighted by molar-refractivity contribution is -0.702. The quantitative estimate of drug-likeness (QED) is 0.666. The molecule has 158 valence electrons. The molecule has 7 heteroatoms. The summed E-state index contributed by atoms with van der Waals surface area (Å²) >= 11 is 0. The molecule has 1 atom stereocenters. The van der Waals surface area contributed by atoms with Crippen LogP contribution < -0.4 is 14.8 Å². The largest absolute Gasteiger partial charge is 0.490 e. The third kappa shape index (κ3) is 3.65. The van der Waals surface area contributed by atoms with E-state index in [-0.39, 0.29) is 5.56 Å². The van der Waals surface area contributed by atoms with Gasteiger partial charge in [0.25, 0.3) is 0 Å². The maximum absolute atomic E-state index is 13.7. The Morgan fingerprint density at radius 3 is 2.40 bits per heavy atom. The van der Waals surface area contributed by atoms with Crippen LogP contribution in [0.15, 0.2) is 54.7 Å². The second-order valence-corrected chi connectivity index (χ2v) is 7.10. The molecule has 4 nitrogen and oxygen atoms in total. The number of halogens is 3. The van der Waals surface area contributed by atoms with E-state index in [1.807, 2.05) is 54.2 Å². The van der Waals surface area contributed by atoms with E-state index >= 15 is 0 Å². The van der Waals surface area contributed by atoms with Crippen LogP contribution in [0.25, 0.3) is 5.69 Å². The summed E-state index contributed by atoms with van der Waals surface area (Å²) in [6.07, 6.45) is -2.53. The molecule has 0 spiro atoms. The number of benzene rings is 2. The minimum Gasteiger partial charge on any atom is -0.490 e. The first-order chi connectivity index (χ1) is 14.4. The molecule has 30 heavy (non-hydrogen) atoms. The number of hydrogen-bond acceptors (Lipinski definition) is 2. The average molecular weight is 417 g/mol. The molecular formula is C23H24F3N2O2+. The van der Waals surface area contributed by atoms with Crippen molar-refractivity contribution in [1.29, 1.82) is 0 Å². The van der Waals surface area contributed by atoms with E-state index in [0.717, 1.165) is 23.0 Å². The van der Waals surface area contributed by atoms with E-state index in [0.29, 0.717) is 31.3 Å². The SMILES string of the molecule is CCOc1cc2c(cc1OCC)-n1cccc1C(c1ccccc1C(F)(F)F)[NH2+]C2. The molecule has 0 saturated heterocycles. The van der Waals surface area contributed by atoms with Crippen LogP contribution in [-0.4, -0.2) is 17.8 Å². The van der Waals surface area contributed by atoms with Gasteiger partial charge in [0.1, 0.15) is 6.54 Å². The zero-order valence-electron chi connectivity index (χ0n) is 16.9. The van der Waals surface area contributed by atoms with Crippen LogP contribution in [0.5, 0.6) is 11.5 Å². The number of fused-ring (bicyclic) bond motifs is 3. The molecule has 1 unspecified atom stereocenters. The Balaban J connectivity index is 1.85.